The van der Waals surface area contributed by atoms with Crippen molar-refractivity contribution in [2.45, 2.75) is 0 Å². The molecule has 0 fully saturated rings. The summed E-state index contributed by atoms with van der Waals surface area (Å²) in [5.74, 6) is 0. The first-order valence-electron chi connectivity index (χ1n) is 3.71. The predicted octanol–water partition coefficient (Wildman–Crippen LogP) is 1.94. The average Bonchev–Trinajstić information content (AvgIpc) is 2.21. The number of pyridine rings is 2. The van der Waals surface area contributed by atoms with E-state index < -0.39 is 0 Å². The molecule has 0 amide bonds. The maximum atomic E-state index is 4.17. The number of hydrogen-bond acceptors (Lipinski definition) is 2. The van der Waals surface area contributed by atoms with Gasteiger partial charge in [-0.15, -0.1) is 0 Å². The molecule has 0 N–H and O–H groups in total. The van der Waals surface area contributed by atoms with Crippen LogP contribution in [0.25, 0.3) is 11.4 Å². The second-order valence-corrected chi connectivity index (χ2v) is 2.37. The Hall–Kier alpha value is -1.70. The van der Waals surface area contributed by atoms with Crippen molar-refractivity contribution in [1.29, 1.82) is 0 Å². The molecule has 57 valence electrons. The molecule has 0 saturated heterocycles. The van der Waals surface area contributed by atoms with E-state index in [-0.39, 0.29) is 0 Å². The molecule has 0 saturated carbocycles. The highest BCUT2D eigenvalue weighted by Crippen LogP contribution is 2.10. The molecule has 0 aliphatic rings. The van der Waals surface area contributed by atoms with Crippen LogP contribution in [0.15, 0.2) is 42.6 Å². The first-order valence-corrected chi connectivity index (χ1v) is 3.71. The molecule has 0 aromatic carbocycles. The Kier molecular flexibility index (Phi) is 1.82. The highest BCUT2D eigenvalue weighted by molar-refractivity contribution is 5.52. The topological polar surface area (TPSA) is 25.8 Å². The first-order chi connectivity index (χ1) is 5.97. The monoisotopic (exact) mass is 155 g/mol. The highest BCUT2D eigenvalue weighted by atomic mass is 14.7. The summed E-state index contributed by atoms with van der Waals surface area (Å²) in [6, 6.07) is 11.3. The van der Waals surface area contributed by atoms with Gasteiger partial charge in [0, 0.05) is 6.20 Å². The molecule has 0 aliphatic heterocycles. The fraction of sp³-hybridized carbons (Fsp3) is 0. The van der Waals surface area contributed by atoms with Gasteiger partial charge in [0.25, 0.3) is 0 Å². The smallest absolute Gasteiger partial charge is 0.0894 e. The lowest BCUT2D eigenvalue weighted by atomic mass is 10.2. The van der Waals surface area contributed by atoms with Crippen molar-refractivity contribution in [3.05, 3.63) is 48.8 Å². The van der Waals surface area contributed by atoms with Crippen molar-refractivity contribution in [3.63, 3.8) is 0 Å². The van der Waals surface area contributed by atoms with Gasteiger partial charge >= 0.3 is 0 Å². The van der Waals surface area contributed by atoms with Crippen molar-refractivity contribution >= 4 is 0 Å². The van der Waals surface area contributed by atoms with E-state index in [2.05, 4.69) is 16.2 Å². The Morgan fingerprint density at radius 1 is 1.00 bits per heavy atom. The van der Waals surface area contributed by atoms with Crippen LogP contribution in [0.5, 0.6) is 0 Å². The number of aromatic nitrogens is 2. The lowest BCUT2D eigenvalue weighted by Gasteiger charge is -1.95. The van der Waals surface area contributed by atoms with Gasteiger partial charge in [-0.25, -0.2) is 4.98 Å². The molecular weight excluding hydrogens is 148 g/mol. The predicted molar refractivity (Wildman–Crippen MR) is 46.3 cm³/mol. The summed E-state index contributed by atoms with van der Waals surface area (Å²) < 4.78 is 0. The highest BCUT2D eigenvalue weighted by Gasteiger charge is 1.95. The summed E-state index contributed by atoms with van der Waals surface area (Å²) in [7, 11) is 0. The second kappa shape index (κ2) is 3.13. The largest absolute Gasteiger partial charge is 0.255 e. The third-order valence-electron chi connectivity index (χ3n) is 1.54. The standard InChI is InChI=1S/C10H7N2/c1-3-7-11-9(5-1)10-6-2-4-8-12-10/h1-7H. The van der Waals surface area contributed by atoms with Crippen LogP contribution in [-0.4, -0.2) is 9.97 Å². The minimum Gasteiger partial charge on any atom is -0.255 e. The van der Waals surface area contributed by atoms with E-state index in [1.54, 1.807) is 12.3 Å². The lowest BCUT2D eigenvalue weighted by Crippen LogP contribution is -1.84. The maximum absolute atomic E-state index is 4.17. The minimum atomic E-state index is 0.859. The van der Waals surface area contributed by atoms with Crippen molar-refractivity contribution in [3.8, 4) is 11.4 Å². The number of nitrogens with zero attached hydrogens (tertiary/aromatic N) is 2. The number of rotatable bonds is 1. The SMILES string of the molecule is [c]1cccc(-c2ccccn2)n1. The van der Waals surface area contributed by atoms with Gasteiger partial charge in [-0.05, 0) is 24.3 Å². The zero-order valence-corrected chi connectivity index (χ0v) is 6.44. The third kappa shape index (κ3) is 1.32. The molecule has 0 aliphatic carbocycles. The van der Waals surface area contributed by atoms with Gasteiger partial charge < -0.3 is 0 Å². The molecule has 2 aromatic heterocycles. The summed E-state index contributed by atoms with van der Waals surface area (Å²) in [4.78, 5) is 8.23. The van der Waals surface area contributed by atoms with Crippen molar-refractivity contribution in [2.75, 3.05) is 0 Å². The molecule has 2 nitrogen and oxygen atoms in total. The minimum absolute atomic E-state index is 0.859. The molecule has 12 heavy (non-hydrogen) atoms. The van der Waals surface area contributed by atoms with Gasteiger partial charge in [0.05, 0.1) is 17.6 Å². The fourth-order valence-corrected chi connectivity index (χ4v) is 0.983. The van der Waals surface area contributed by atoms with Crippen LogP contribution in [0.2, 0.25) is 0 Å². The van der Waals surface area contributed by atoms with E-state index in [0.29, 0.717) is 0 Å². The van der Waals surface area contributed by atoms with Crippen LogP contribution in [0.4, 0.5) is 0 Å². The quantitative estimate of drug-likeness (QED) is 0.629. The van der Waals surface area contributed by atoms with Gasteiger partial charge in [0.2, 0.25) is 0 Å². The van der Waals surface area contributed by atoms with Gasteiger partial charge in [-0.3, -0.25) is 4.98 Å². The Bertz CT molecular complexity index is 305. The molecule has 2 heteroatoms. The Morgan fingerprint density at radius 2 is 1.92 bits per heavy atom. The molecule has 1 radical (unpaired) electrons. The molecule has 0 bridgehead atoms. The van der Waals surface area contributed by atoms with Crippen LogP contribution in [0.1, 0.15) is 0 Å². The molecule has 2 aromatic rings. The summed E-state index contributed by atoms with van der Waals surface area (Å²) in [5.41, 5.74) is 1.74. The molecule has 0 atom stereocenters. The summed E-state index contributed by atoms with van der Waals surface area (Å²) in [6.45, 7) is 0. The van der Waals surface area contributed by atoms with Crippen molar-refractivity contribution < 1.29 is 0 Å². The summed E-state index contributed by atoms with van der Waals surface area (Å²) in [5, 5.41) is 0. The Balaban J connectivity index is 2.46. The lowest BCUT2D eigenvalue weighted by molar-refractivity contribution is 1.24. The van der Waals surface area contributed by atoms with Gasteiger partial charge in [-0.2, -0.15) is 0 Å². The maximum Gasteiger partial charge on any atom is 0.0894 e. The Morgan fingerprint density at radius 3 is 2.58 bits per heavy atom. The van der Waals surface area contributed by atoms with E-state index >= 15 is 0 Å². The molecule has 0 spiro atoms. The van der Waals surface area contributed by atoms with Crippen LogP contribution >= 0.6 is 0 Å². The van der Waals surface area contributed by atoms with Crippen LogP contribution in [0, 0.1) is 6.20 Å². The van der Waals surface area contributed by atoms with Crippen molar-refractivity contribution in [2.24, 2.45) is 0 Å². The third-order valence-corrected chi connectivity index (χ3v) is 1.54. The fourth-order valence-electron chi connectivity index (χ4n) is 0.983. The molecule has 0 unspecified atom stereocenters. The van der Waals surface area contributed by atoms with Gasteiger partial charge in [0.1, 0.15) is 0 Å². The zero-order chi connectivity index (χ0) is 8.23. The van der Waals surface area contributed by atoms with E-state index in [0.717, 1.165) is 11.4 Å². The molecule has 2 rings (SSSR count). The van der Waals surface area contributed by atoms with E-state index in [9.17, 15) is 0 Å². The molecule has 2 heterocycles. The normalized spacial score (nSPS) is 9.67. The zero-order valence-electron chi connectivity index (χ0n) is 6.44. The second-order valence-electron chi connectivity index (χ2n) is 2.37. The van der Waals surface area contributed by atoms with Crippen LogP contribution in [0.3, 0.4) is 0 Å². The van der Waals surface area contributed by atoms with Crippen LogP contribution in [-0.2, 0) is 0 Å². The van der Waals surface area contributed by atoms with E-state index in [1.165, 1.54) is 0 Å². The van der Waals surface area contributed by atoms with E-state index in [1.807, 2.05) is 30.3 Å². The summed E-state index contributed by atoms with van der Waals surface area (Å²) in [6.07, 6.45) is 4.52. The summed E-state index contributed by atoms with van der Waals surface area (Å²) >= 11 is 0. The van der Waals surface area contributed by atoms with E-state index in [4.69, 9.17) is 0 Å². The van der Waals surface area contributed by atoms with Gasteiger partial charge in [0.15, 0.2) is 0 Å². The number of hydrogen-bond donors (Lipinski definition) is 0. The van der Waals surface area contributed by atoms with Crippen LogP contribution < -0.4 is 0 Å². The average molecular weight is 155 g/mol. The first kappa shape index (κ1) is 6.98. The van der Waals surface area contributed by atoms with Gasteiger partial charge in [-0.1, -0.05) is 12.1 Å². The van der Waals surface area contributed by atoms with Crippen molar-refractivity contribution in [1.82, 2.24) is 9.97 Å². The Labute approximate surface area is 70.9 Å². The molecular formula is C10H7N2.